The largest absolute Gasteiger partial charge is 0.497 e. The molecule has 9 nitrogen and oxygen atoms in total. The van der Waals surface area contributed by atoms with Crippen LogP contribution in [0.15, 0.2) is 24.3 Å². The summed E-state index contributed by atoms with van der Waals surface area (Å²) in [5.41, 5.74) is 0.873. The third kappa shape index (κ3) is 4.56. The second-order valence-corrected chi connectivity index (χ2v) is 6.17. The molecule has 1 aromatic heterocycles. The molecule has 1 heterocycles. The Bertz CT molecular complexity index is 776. The van der Waals surface area contributed by atoms with Gasteiger partial charge in [-0.2, -0.15) is 0 Å². The minimum Gasteiger partial charge on any atom is -0.497 e. The van der Waals surface area contributed by atoms with Gasteiger partial charge in [0.1, 0.15) is 17.6 Å². The molecule has 0 saturated carbocycles. The zero-order chi connectivity index (χ0) is 19.3. The van der Waals surface area contributed by atoms with Crippen LogP contribution in [0.2, 0.25) is 0 Å². The SMILES string of the molecule is COc1cccc(CC(C(=O)NC(C)C(C)C(=O)O)n2nnnc2C)c1. The number of carbonyl (C=O) groups excluding carboxylic acids is 1. The van der Waals surface area contributed by atoms with Crippen molar-refractivity contribution in [3.05, 3.63) is 35.7 Å². The van der Waals surface area contributed by atoms with Crippen molar-refractivity contribution in [1.29, 1.82) is 0 Å². The first-order valence-electron chi connectivity index (χ1n) is 8.24. The number of nitrogens with zero attached hydrogens (tertiary/aromatic N) is 4. The van der Waals surface area contributed by atoms with Crippen molar-refractivity contribution in [3.63, 3.8) is 0 Å². The number of carbonyl (C=O) groups is 2. The number of aliphatic carboxylic acids is 1. The molecule has 0 aliphatic rings. The Kier molecular flexibility index (Phi) is 6.26. The maximum absolute atomic E-state index is 12.8. The summed E-state index contributed by atoms with van der Waals surface area (Å²) in [5, 5.41) is 23.2. The lowest BCUT2D eigenvalue weighted by Gasteiger charge is -2.23. The van der Waals surface area contributed by atoms with E-state index in [4.69, 9.17) is 9.84 Å². The molecule has 26 heavy (non-hydrogen) atoms. The Morgan fingerprint density at radius 1 is 1.35 bits per heavy atom. The zero-order valence-corrected chi connectivity index (χ0v) is 15.2. The van der Waals surface area contributed by atoms with Crippen molar-refractivity contribution in [3.8, 4) is 5.75 Å². The Morgan fingerprint density at radius 2 is 2.08 bits per heavy atom. The van der Waals surface area contributed by atoms with E-state index in [1.807, 2.05) is 24.3 Å². The van der Waals surface area contributed by atoms with E-state index in [0.29, 0.717) is 18.0 Å². The minimum atomic E-state index is -0.972. The second kappa shape index (κ2) is 8.41. The van der Waals surface area contributed by atoms with E-state index >= 15 is 0 Å². The molecule has 0 fully saturated rings. The molecule has 1 amide bonds. The van der Waals surface area contributed by atoms with Gasteiger partial charge in [-0.3, -0.25) is 9.59 Å². The summed E-state index contributed by atoms with van der Waals surface area (Å²) in [6, 6.07) is 6.13. The van der Waals surface area contributed by atoms with Crippen molar-refractivity contribution in [2.75, 3.05) is 7.11 Å². The summed E-state index contributed by atoms with van der Waals surface area (Å²) in [4.78, 5) is 24.0. The normalized spacial score (nSPS) is 14.3. The van der Waals surface area contributed by atoms with Gasteiger partial charge in [-0.25, -0.2) is 4.68 Å². The number of carboxylic acid groups (broad SMARTS) is 1. The summed E-state index contributed by atoms with van der Waals surface area (Å²) < 4.78 is 6.66. The van der Waals surface area contributed by atoms with Gasteiger partial charge in [0.2, 0.25) is 5.91 Å². The topological polar surface area (TPSA) is 119 Å². The molecule has 0 bridgehead atoms. The molecule has 0 spiro atoms. The number of ether oxygens (including phenoxy) is 1. The van der Waals surface area contributed by atoms with Gasteiger partial charge < -0.3 is 15.2 Å². The molecule has 0 radical (unpaired) electrons. The fourth-order valence-electron chi connectivity index (χ4n) is 2.50. The van der Waals surface area contributed by atoms with Crippen LogP contribution in [0.5, 0.6) is 5.75 Å². The first-order valence-corrected chi connectivity index (χ1v) is 8.24. The van der Waals surface area contributed by atoms with E-state index in [1.165, 1.54) is 4.68 Å². The first-order chi connectivity index (χ1) is 12.3. The predicted octanol–water partition coefficient (Wildman–Crippen LogP) is 0.999. The molecule has 2 N–H and O–H groups in total. The van der Waals surface area contributed by atoms with E-state index in [1.54, 1.807) is 27.9 Å². The lowest BCUT2D eigenvalue weighted by Crippen LogP contribution is -2.44. The number of amides is 1. The van der Waals surface area contributed by atoms with Crippen LogP contribution in [-0.4, -0.2) is 50.3 Å². The first kappa shape index (κ1) is 19.4. The van der Waals surface area contributed by atoms with Gasteiger partial charge in [0.05, 0.1) is 13.0 Å². The molecule has 3 atom stereocenters. The van der Waals surface area contributed by atoms with Gasteiger partial charge in [-0.05, 0) is 48.9 Å². The van der Waals surface area contributed by atoms with Gasteiger partial charge in [0.25, 0.3) is 0 Å². The fourth-order valence-corrected chi connectivity index (χ4v) is 2.50. The maximum Gasteiger partial charge on any atom is 0.308 e. The molecule has 0 aliphatic heterocycles. The second-order valence-electron chi connectivity index (χ2n) is 6.17. The Hall–Kier alpha value is -2.97. The monoisotopic (exact) mass is 361 g/mol. The summed E-state index contributed by atoms with van der Waals surface area (Å²) in [6.07, 6.45) is 0.336. The molecular formula is C17H23N5O4. The summed E-state index contributed by atoms with van der Waals surface area (Å²) in [5.74, 6) is -0.856. The van der Waals surface area contributed by atoms with Gasteiger partial charge in [0.15, 0.2) is 0 Å². The molecule has 1 aromatic carbocycles. The van der Waals surface area contributed by atoms with Crippen LogP contribution in [0, 0.1) is 12.8 Å². The number of benzene rings is 1. The number of aryl methyl sites for hydroxylation is 1. The van der Waals surface area contributed by atoms with Crippen LogP contribution in [0.4, 0.5) is 0 Å². The minimum absolute atomic E-state index is 0.336. The average Bonchev–Trinajstić information content (AvgIpc) is 3.04. The van der Waals surface area contributed by atoms with Crippen LogP contribution in [0.3, 0.4) is 0 Å². The number of hydrogen-bond donors (Lipinski definition) is 2. The zero-order valence-electron chi connectivity index (χ0n) is 15.2. The predicted molar refractivity (Wildman–Crippen MR) is 92.7 cm³/mol. The van der Waals surface area contributed by atoms with Gasteiger partial charge in [-0.15, -0.1) is 5.10 Å². The maximum atomic E-state index is 12.8. The molecule has 0 saturated heterocycles. The molecule has 9 heteroatoms. The van der Waals surface area contributed by atoms with E-state index in [2.05, 4.69) is 20.8 Å². The fraction of sp³-hybridized carbons (Fsp3) is 0.471. The number of nitrogens with one attached hydrogen (secondary N) is 1. The molecule has 2 aromatic rings. The lowest BCUT2D eigenvalue weighted by atomic mass is 10.0. The van der Waals surface area contributed by atoms with Crippen molar-refractivity contribution in [1.82, 2.24) is 25.5 Å². The van der Waals surface area contributed by atoms with Gasteiger partial charge in [-0.1, -0.05) is 12.1 Å². The van der Waals surface area contributed by atoms with Crippen molar-refractivity contribution >= 4 is 11.9 Å². The van der Waals surface area contributed by atoms with Crippen LogP contribution < -0.4 is 10.1 Å². The van der Waals surface area contributed by atoms with Crippen LogP contribution >= 0.6 is 0 Å². The Balaban J connectivity index is 2.25. The third-order valence-electron chi connectivity index (χ3n) is 4.33. The van der Waals surface area contributed by atoms with E-state index in [9.17, 15) is 9.59 Å². The third-order valence-corrected chi connectivity index (χ3v) is 4.33. The number of hydrogen-bond acceptors (Lipinski definition) is 6. The Morgan fingerprint density at radius 3 is 2.65 bits per heavy atom. The number of carboxylic acids is 1. The van der Waals surface area contributed by atoms with Crippen molar-refractivity contribution in [2.24, 2.45) is 5.92 Å². The van der Waals surface area contributed by atoms with Gasteiger partial charge >= 0.3 is 5.97 Å². The van der Waals surface area contributed by atoms with Crippen molar-refractivity contribution in [2.45, 2.75) is 39.3 Å². The number of tetrazole rings is 1. The molecule has 2 rings (SSSR count). The van der Waals surface area contributed by atoms with E-state index in [0.717, 1.165) is 5.56 Å². The van der Waals surface area contributed by atoms with Crippen LogP contribution in [-0.2, 0) is 16.0 Å². The summed E-state index contributed by atoms with van der Waals surface area (Å²) >= 11 is 0. The van der Waals surface area contributed by atoms with E-state index in [-0.39, 0.29) is 5.91 Å². The Labute approximate surface area is 151 Å². The van der Waals surface area contributed by atoms with Crippen LogP contribution in [0.25, 0.3) is 0 Å². The highest BCUT2D eigenvalue weighted by Crippen LogP contribution is 2.20. The molecule has 140 valence electrons. The van der Waals surface area contributed by atoms with Gasteiger partial charge in [0, 0.05) is 12.5 Å². The van der Waals surface area contributed by atoms with Crippen LogP contribution in [0.1, 0.15) is 31.3 Å². The standard InChI is InChI=1S/C17H23N5O4/c1-10(17(24)25)11(2)18-16(23)15(22-12(3)19-20-21-22)9-13-6-5-7-14(8-13)26-4/h5-8,10-11,15H,9H2,1-4H3,(H,18,23)(H,24,25). The number of methoxy groups -OCH3 is 1. The summed E-state index contributed by atoms with van der Waals surface area (Å²) in [7, 11) is 1.57. The quantitative estimate of drug-likeness (QED) is 0.720. The average molecular weight is 361 g/mol. The highest BCUT2D eigenvalue weighted by Gasteiger charge is 2.28. The number of aromatic nitrogens is 4. The smallest absolute Gasteiger partial charge is 0.308 e. The lowest BCUT2D eigenvalue weighted by molar-refractivity contribution is -0.142. The molecule has 3 unspecified atom stereocenters. The summed E-state index contributed by atoms with van der Waals surface area (Å²) in [6.45, 7) is 4.91. The highest BCUT2D eigenvalue weighted by molar-refractivity contribution is 5.81. The number of rotatable bonds is 8. The van der Waals surface area contributed by atoms with E-state index < -0.39 is 24.0 Å². The molecular weight excluding hydrogens is 338 g/mol. The molecule has 0 aliphatic carbocycles. The highest BCUT2D eigenvalue weighted by atomic mass is 16.5. The van der Waals surface area contributed by atoms with Crippen molar-refractivity contribution < 1.29 is 19.4 Å².